The third-order valence-corrected chi connectivity index (χ3v) is 3.00. The zero-order valence-corrected chi connectivity index (χ0v) is 9.49. The maximum Gasteiger partial charge on any atom is 0.253 e. The molecule has 0 radical (unpaired) electrons. The van der Waals surface area contributed by atoms with E-state index >= 15 is 0 Å². The number of aryl methyl sites for hydroxylation is 2. The van der Waals surface area contributed by atoms with E-state index in [0.29, 0.717) is 5.92 Å². The van der Waals surface area contributed by atoms with Crippen LogP contribution in [-0.2, 0) is 19.4 Å². The highest BCUT2D eigenvalue weighted by molar-refractivity contribution is 5.06. The fourth-order valence-electron chi connectivity index (χ4n) is 2.15. The molecule has 3 nitrogen and oxygen atoms in total. The van der Waals surface area contributed by atoms with Gasteiger partial charge in [-0.2, -0.15) is 0 Å². The van der Waals surface area contributed by atoms with Crippen LogP contribution in [0.15, 0.2) is 10.9 Å². The van der Waals surface area contributed by atoms with Gasteiger partial charge in [0, 0.05) is 24.7 Å². The monoisotopic (exact) mass is 206 g/mol. The van der Waals surface area contributed by atoms with Crippen molar-refractivity contribution in [2.45, 2.75) is 46.1 Å². The summed E-state index contributed by atoms with van der Waals surface area (Å²) in [5.74, 6) is 1.60. The second kappa shape index (κ2) is 4.17. The first-order valence-corrected chi connectivity index (χ1v) is 5.80. The Kier molecular flexibility index (Phi) is 2.89. The lowest BCUT2D eigenvalue weighted by molar-refractivity contribution is 0.377. The lowest BCUT2D eigenvalue weighted by Gasteiger charge is -2.22. The van der Waals surface area contributed by atoms with Gasteiger partial charge in [-0.3, -0.25) is 9.36 Å². The molecule has 3 heteroatoms. The molecule has 0 saturated heterocycles. The van der Waals surface area contributed by atoms with Crippen LogP contribution in [0.25, 0.3) is 0 Å². The highest BCUT2D eigenvalue weighted by Gasteiger charge is 2.17. The quantitative estimate of drug-likeness (QED) is 0.739. The molecule has 2 rings (SSSR count). The van der Waals surface area contributed by atoms with Crippen molar-refractivity contribution in [2.75, 3.05) is 0 Å². The molecule has 1 aliphatic heterocycles. The molecule has 1 aromatic heterocycles. The van der Waals surface area contributed by atoms with Crippen LogP contribution in [0.2, 0.25) is 0 Å². The second-order valence-electron chi connectivity index (χ2n) is 4.51. The fraction of sp³-hybridized carbons (Fsp3) is 0.667. The molecule has 0 saturated carbocycles. The molecular formula is C12H18N2O. The molecule has 1 aromatic rings. The predicted octanol–water partition coefficient (Wildman–Crippen LogP) is 1.78. The minimum Gasteiger partial charge on any atom is -0.296 e. The largest absolute Gasteiger partial charge is 0.296 e. The van der Waals surface area contributed by atoms with E-state index in [4.69, 9.17) is 0 Å². The summed E-state index contributed by atoms with van der Waals surface area (Å²) in [7, 11) is 0. The van der Waals surface area contributed by atoms with Gasteiger partial charge in [-0.15, -0.1) is 0 Å². The molecule has 82 valence electrons. The molecule has 0 spiro atoms. The Morgan fingerprint density at radius 1 is 1.60 bits per heavy atom. The maximum atomic E-state index is 11.8. The summed E-state index contributed by atoms with van der Waals surface area (Å²) >= 11 is 0. The molecule has 2 heterocycles. The van der Waals surface area contributed by atoms with Crippen LogP contribution in [0, 0.1) is 5.92 Å². The van der Waals surface area contributed by atoms with E-state index in [1.165, 1.54) is 0 Å². The van der Waals surface area contributed by atoms with E-state index in [-0.39, 0.29) is 5.56 Å². The summed E-state index contributed by atoms with van der Waals surface area (Å²) in [5, 5.41) is 0. The highest BCUT2D eigenvalue weighted by atomic mass is 16.1. The molecule has 15 heavy (non-hydrogen) atoms. The summed E-state index contributed by atoms with van der Waals surface area (Å²) in [6.45, 7) is 5.14. The van der Waals surface area contributed by atoms with Crippen molar-refractivity contribution in [3.05, 3.63) is 27.9 Å². The van der Waals surface area contributed by atoms with Crippen LogP contribution in [0.3, 0.4) is 0 Å². The average Bonchev–Trinajstić information content (AvgIpc) is 2.20. The van der Waals surface area contributed by atoms with Gasteiger partial charge in [0.15, 0.2) is 0 Å². The Hall–Kier alpha value is -1.12. The first-order chi connectivity index (χ1) is 7.20. The lowest BCUT2D eigenvalue weighted by atomic mass is 10.0. The van der Waals surface area contributed by atoms with Crippen LogP contribution in [0.5, 0.6) is 0 Å². The van der Waals surface area contributed by atoms with Crippen LogP contribution in [0.4, 0.5) is 0 Å². The molecule has 0 amide bonds. The number of rotatable bonds is 2. The minimum absolute atomic E-state index is 0.134. The van der Waals surface area contributed by atoms with Gasteiger partial charge in [0.2, 0.25) is 0 Å². The van der Waals surface area contributed by atoms with Crippen LogP contribution < -0.4 is 5.56 Å². The van der Waals surface area contributed by atoms with E-state index in [9.17, 15) is 4.79 Å². The third-order valence-electron chi connectivity index (χ3n) is 3.00. The first-order valence-electron chi connectivity index (χ1n) is 5.80. The van der Waals surface area contributed by atoms with Crippen molar-refractivity contribution in [3.8, 4) is 0 Å². The summed E-state index contributed by atoms with van der Waals surface area (Å²) in [5.41, 5.74) is 1.10. The van der Waals surface area contributed by atoms with E-state index in [1.807, 2.05) is 4.57 Å². The topological polar surface area (TPSA) is 34.9 Å². The van der Waals surface area contributed by atoms with E-state index in [2.05, 4.69) is 18.8 Å². The SMILES string of the molecule is CCCc1cc(=O)n2c(n1)CC[C@@H](C)C2. The highest BCUT2D eigenvalue weighted by Crippen LogP contribution is 2.16. The van der Waals surface area contributed by atoms with Crippen molar-refractivity contribution in [2.24, 2.45) is 5.92 Å². The molecule has 0 bridgehead atoms. The van der Waals surface area contributed by atoms with Crippen LogP contribution in [0.1, 0.15) is 38.2 Å². The smallest absolute Gasteiger partial charge is 0.253 e. The van der Waals surface area contributed by atoms with Gasteiger partial charge in [-0.05, 0) is 18.8 Å². The Bertz CT molecular complexity index is 409. The van der Waals surface area contributed by atoms with Crippen molar-refractivity contribution < 1.29 is 0 Å². The van der Waals surface area contributed by atoms with Crippen LogP contribution >= 0.6 is 0 Å². The summed E-state index contributed by atoms with van der Waals surface area (Å²) in [6.07, 6.45) is 4.07. The van der Waals surface area contributed by atoms with E-state index in [1.54, 1.807) is 6.07 Å². The predicted molar refractivity (Wildman–Crippen MR) is 60.0 cm³/mol. The van der Waals surface area contributed by atoms with Gasteiger partial charge in [-0.25, -0.2) is 4.98 Å². The first kappa shape index (κ1) is 10.4. The standard InChI is InChI=1S/C12H18N2O/c1-3-4-10-7-12(15)14-8-9(2)5-6-11(14)13-10/h7,9H,3-6,8H2,1-2H3/t9-/m1/s1. The maximum absolute atomic E-state index is 11.8. The van der Waals surface area contributed by atoms with Crippen LogP contribution in [-0.4, -0.2) is 9.55 Å². The van der Waals surface area contributed by atoms with Crippen molar-refractivity contribution in [1.82, 2.24) is 9.55 Å². The second-order valence-corrected chi connectivity index (χ2v) is 4.51. The Morgan fingerprint density at radius 3 is 3.13 bits per heavy atom. The zero-order valence-electron chi connectivity index (χ0n) is 9.49. The van der Waals surface area contributed by atoms with Gasteiger partial charge in [0.05, 0.1) is 0 Å². The number of nitrogens with zero attached hydrogens (tertiary/aromatic N) is 2. The molecule has 0 aliphatic carbocycles. The van der Waals surface area contributed by atoms with E-state index < -0.39 is 0 Å². The number of hydrogen-bond acceptors (Lipinski definition) is 2. The van der Waals surface area contributed by atoms with Gasteiger partial charge >= 0.3 is 0 Å². The van der Waals surface area contributed by atoms with Crippen molar-refractivity contribution >= 4 is 0 Å². The third kappa shape index (κ3) is 2.11. The average molecular weight is 206 g/mol. The van der Waals surface area contributed by atoms with Gasteiger partial charge in [0.1, 0.15) is 5.82 Å². The number of hydrogen-bond donors (Lipinski definition) is 0. The van der Waals surface area contributed by atoms with Gasteiger partial charge < -0.3 is 0 Å². The molecule has 0 unspecified atom stereocenters. The fourth-order valence-corrected chi connectivity index (χ4v) is 2.15. The van der Waals surface area contributed by atoms with Gasteiger partial charge in [0.25, 0.3) is 5.56 Å². The summed E-state index contributed by atoms with van der Waals surface area (Å²) < 4.78 is 1.84. The molecule has 1 aliphatic rings. The summed E-state index contributed by atoms with van der Waals surface area (Å²) in [4.78, 5) is 16.4. The Balaban J connectivity index is 2.39. The van der Waals surface area contributed by atoms with Crippen molar-refractivity contribution in [1.29, 1.82) is 0 Å². The molecule has 0 N–H and O–H groups in total. The Labute approximate surface area is 90.2 Å². The normalized spacial score (nSPS) is 20.0. The molecule has 0 aromatic carbocycles. The van der Waals surface area contributed by atoms with Crippen molar-refractivity contribution in [3.63, 3.8) is 0 Å². The zero-order chi connectivity index (χ0) is 10.8. The lowest BCUT2D eigenvalue weighted by Crippen LogP contribution is -2.31. The molecular weight excluding hydrogens is 188 g/mol. The number of fused-ring (bicyclic) bond motifs is 1. The molecule has 0 fully saturated rings. The Morgan fingerprint density at radius 2 is 2.40 bits per heavy atom. The number of aromatic nitrogens is 2. The summed E-state index contributed by atoms with van der Waals surface area (Å²) in [6, 6.07) is 1.70. The van der Waals surface area contributed by atoms with E-state index in [0.717, 1.165) is 43.7 Å². The molecule has 1 atom stereocenters. The van der Waals surface area contributed by atoms with Gasteiger partial charge in [-0.1, -0.05) is 20.3 Å². The minimum atomic E-state index is 0.134.